The molecule has 0 heterocycles. The van der Waals surface area contributed by atoms with Gasteiger partial charge in [0.2, 0.25) is 0 Å². The largest absolute Gasteiger partial charge is 0.508 e. The first-order chi connectivity index (χ1) is 14.1. The second-order valence-corrected chi connectivity index (χ2v) is 12.8. The summed E-state index contributed by atoms with van der Waals surface area (Å²) < 4.78 is 32.4. The SMILES string of the molecule is CP(C)(=O)COc1cc(Br)c(Cc2ccc(O)c(Cc3ccc(F)cc3)c2)c(Br)c1. The summed E-state index contributed by atoms with van der Waals surface area (Å²) in [7, 11) is -2.27. The lowest BCUT2D eigenvalue weighted by atomic mass is 9.98. The summed E-state index contributed by atoms with van der Waals surface area (Å²) in [5, 5.41) is 10.3. The number of phenols is 1. The highest BCUT2D eigenvalue weighted by molar-refractivity contribution is 9.11. The minimum absolute atomic E-state index is 0.190. The molecular weight excluding hydrogens is 534 g/mol. The van der Waals surface area contributed by atoms with Crippen molar-refractivity contribution in [2.24, 2.45) is 0 Å². The number of ether oxygens (including phenoxy) is 1. The van der Waals surface area contributed by atoms with E-state index >= 15 is 0 Å². The van der Waals surface area contributed by atoms with E-state index in [9.17, 15) is 14.1 Å². The highest BCUT2D eigenvalue weighted by Crippen LogP contribution is 2.38. The third kappa shape index (κ3) is 6.44. The summed E-state index contributed by atoms with van der Waals surface area (Å²) in [4.78, 5) is 0. The van der Waals surface area contributed by atoms with Crippen LogP contribution in [0.1, 0.15) is 22.3 Å². The van der Waals surface area contributed by atoms with E-state index in [2.05, 4.69) is 31.9 Å². The molecule has 0 unspecified atom stereocenters. The van der Waals surface area contributed by atoms with Gasteiger partial charge in [0.25, 0.3) is 0 Å². The van der Waals surface area contributed by atoms with Crippen LogP contribution in [0.2, 0.25) is 0 Å². The van der Waals surface area contributed by atoms with Crippen LogP contribution in [0, 0.1) is 5.82 Å². The molecule has 0 radical (unpaired) electrons. The summed E-state index contributed by atoms with van der Waals surface area (Å²) in [5.41, 5.74) is 3.79. The lowest BCUT2D eigenvalue weighted by Crippen LogP contribution is -1.99. The molecule has 30 heavy (non-hydrogen) atoms. The molecule has 3 aromatic carbocycles. The number of hydrogen-bond donors (Lipinski definition) is 1. The second-order valence-electron chi connectivity index (χ2n) is 7.66. The second kappa shape index (κ2) is 9.67. The van der Waals surface area contributed by atoms with Crippen molar-refractivity contribution >= 4 is 39.0 Å². The van der Waals surface area contributed by atoms with E-state index in [1.54, 1.807) is 31.5 Å². The van der Waals surface area contributed by atoms with E-state index in [-0.39, 0.29) is 17.9 Å². The van der Waals surface area contributed by atoms with E-state index in [4.69, 9.17) is 4.74 Å². The minimum atomic E-state index is -2.27. The van der Waals surface area contributed by atoms with Gasteiger partial charge in [0.05, 0.1) is 0 Å². The van der Waals surface area contributed by atoms with Crippen molar-refractivity contribution in [3.63, 3.8) is 0 Å². The molecule has 0 spiro atoms. The van der Waals surface area contributed by atoms with Crippen LogP contribution in [-0.2, 0) is 17.4 Å². The molecule has 0 bridgehead atoms. The van der Waals surface area contributed by atoms with Crippen LogP contribution in [0.3, 0.4) is 0 Å². The Hall–Kier alpha value is -1.62. The van der Waals surface area contributed by atoms with Gasteiger partial charge in [-0.3, -0.25) is 0 Å². The van der Waals surface area contributed by atoms with Crippen molar-refractivity contribution in [3.8, 4) is 11.5 Å². The van der Waals surface area contributed by atoms with Crippen LogP contribution in [0.15, 0.2) is 63.5 Å². The van der Waals surface area contributed by atoms with E-state index in [1.807, 2.05) is 24.3 Å². The first kappa shape index (κ1) is 23.1. The number of hydrogen-bond acceptors (Lipinski definition) is 3. The molecule has 0 saturated heterocycles. The van der Waals surface area contributed by atoms with Gasteiger partial charge in [-0.15, -0.1) is 0 Å². The zero-order valence-corrected chi connectivity index (χ0v) is 20.7. The zero-order valence-electron chi connectivity index (χ0n) is 16.7. The van der Waals surface area contributed by atoms with Crippen LogP contribution in [0.4, 0.5) is 4.39 Å². The fourth-order valence-corrected chi connectivity index (χ4v) is 4.86. The van der Waals surface area contributed by atoms with Gasteiger partial charge >= 0.3 is 0 Å². The Bertz CT molecular complexity index is 1070. The summed E-state index contributed by atoms with van der Waals surface area (Å²) >= 11 is 7.21. The summed E-state index contributed by atoms with van der Waals surface area (Å²) in [6.07, 6.45) is 1.34. The molecule has 158 valence electrons. The maximum Gasteiger partial charge on any atom is 0.140 e. The fraction of sp³-hybridized carbons (Fsp3) is 0.217. The van der Waals surface area contributed by atoms with Crippen LogP contribution >= 0.6 is 39.0 Å². The van der Waals surface area contributed by atoms with Crippen molar-refractivity contribution in [3.05, 3.63) is 91.6 Å². The Balaban J connectivity index is 1.80. The van der Waals surface area contributed by atoms with E-state index in [0.717, 1.165) is 31.2 Å². The summed E-state index contributed by atoms with van der Waals surface area (Å²) in [5.74, 6) is 0.581. The van der Waals surface area contributed by atoms with E-state index in [0.29, 0.717) is 18.6 Å². The molecule has 0 aliphatic carbocycles. The maximum absolute atomic E-state index is 13.1. The fourth-order valence-electron chi connectivity index (χ4n) is 2.98. The van der Waals surface area contributed by atoms with Crippen molar-refractivity contribution in [1.82, 2.24) is 0 Å². The lowest BCUT2D eigenvalue weighted by molar-refractivity contribution is 0.377. The van der Waals surface area contributed by atoms with Gasteiger partial charge in [-0.05, 0) is 72.3 Å². The van der Waals surface area contributed by atoms with E-state index in [1.165, 1.54) is 12.1 Å². The first-order valence-corrected chi connectivity index (χ1v) is 13.7. The molecule has 0 atom stereocenters. The van der Waals surface area contributed by atoms with Gasteiger partial charge in [0.15, 0.2) is 0 Å². The van der Waals surface area contributed by atoms with Crippen LogP contribution in [-0.4, -0.2) is 24.8 Å². The van der Waals surface area contributed by atoms with Crippen LogP contribution in [0.5, 0.6) is 11.5 Å². The highest BCUT2D eigenvalue weighted by atomic mass is 79.9. The number of aromatic hydroxyl groups is 1. The highest BCUT2D eigenvalue weighted by Gasteiger charge is 2.13. The van der Waals surface area contributed by atoms with Gasteiger partial charge in [-0.25, -0.2) is 4.39 Å². The van der Waals surface area contributed by atoms with Crippen LogP contribution < -0.4 is 4.74 Å². The number of rotatable bonds is 7. The molecule has 0 aliphatic heterocycles. The van der Waals surface area contributed by atoms with Gasteiger partial charge in [-0.1, -0.05) is 56.1 Å². The number of benzene rings is 3. The Labute approximate surface area is 192 Å². The molecule has 0 aromatic heterocycles. The first-order valence-electron chi connectivity index (χ1n) is 9.30. The molecular formula is C23H22Br2FO3P. The standard InChI is InChI=1S/C23H22Br2FO3P/c1-30(2,28)14-29-19-12-21(24)20(22(25)13-19)11-16-5-8-23(27)17(10-16)9-15-3-6-18(26)7-4-15/h3-8,10,12-13,27H,9,11,14H2,1-2H3. The van der Waals surface area contributed by atoms with Gasteiger partial charge in [-0.2, -0.15) is 0 Å². The Kier molecular flexibility index (Phi) is 7.43. The van der Waals surface area contributed by atoms with Gasteiger partial charge < -0.3 is 14.4 Å². The van der Waals surface area contributed by atoms with Crippen molar-refractivity contribution in [1.29, 1.82) is 0 Å². The molecule has 0 amide bonds. The quantitative estimate of drug-likeness (QED) is 0.314. The lowest BCUT2D eigenvalue weighted by Gasteiger charge is -2.14. The molecule has 0 fully saturated rings. The predicted octanol–water partition coefficient (Wildman–Crippen LogP) is 7.20. The third-order valence-corrected chi connectivity index (χ3v) is 6.66. The van der Waals surface area contributed by atoms with Crippen molar-refractivity contribution < 1.29 is 18.8 Å². The van der Waals surface area contributed by atoms with Crippen molar-refractivity contribution in [2.75, 3.05) is 19.7 Å². The average Bonchev–Trinajstić information content (AvgIpc) is 2.66. The predicted molar refractivity (Wildman–Crippen MR) is 127 cm³/mol. The van der Waals surface area contributed by atoms with E-state index < -0.39 is 7.14 Å². The Morgan fingerprint density at radius 3 is 2.13 bits per heavy atom. The molecule has 3 aromatic rings. The summed E-state index contributed by atoms with van der Waals surface area (Å²) in [6.45, 7) is 3.39. The van der Waals surface area contributed by atoms with Crippen LogP contribution in [0.25, 0.3) is 0 Å². The maximum atomic E-state index is 13.1. The third-order valence-electron chi connectivity index (χ3n) is 4.49. The Morgan fingerprint density at radius 2 is 1.53 bits per heavy atom. The molecule has 0 saturated carbocycles. The Morgan fingerprint density at radius 1 is 0.933 bits per heavy atom. The molecule has 3 nitrogen and oxygen atoms in total. The summed E-state index contributed by atoms with van der Waals surface area (Å²) in [6, 6.07) is 15.6. The minimum Gasteiger partial charge on any atom is -0.508 e. The van der Waals surface area contributed by atoms with Crippen molar-refractivity contribution in [2.45, 2.75) is 12.8 Å². The smallest absolute Gasteiger partial charge is 0.140 e. The number of phenolic OH excluding ortho intramolecular Hbond substituents is 1. The molecule has 7 heteroatoms. The topological polar surface area (TPSA) is 46.5 Å². The zero-order chi connectivity index (χ0) is 21.9. The monoisotopic (exact) mass is 554 g/mol. The molecule has 1 N–H and O–H groups in total. The normalized spacial score (nSPS) is 11.5. The molecule has 0 aliphatic rings. The van der Waals surface area contributed by atoms with Gasteiger partial charge in [0, 0.05) is 15.4 Å². The van der Waals surface area contributed by atoms with Gasteiger partial charge in [0.1, 0.15) is 30.8 Å². The average molecular weight is 556 g/mol. The number of halogens is 3. The molecule has 3 rings (SSSR count).